The Morgan fingerprint density at radius 2 is 1.93 bits per heavy atom. The summed E-state index contributed by atoms with van der Waals surface area (Å²) in [6.07, 6.45) is 0.794. The Bertz CT molecular complexity index is 904. The lowest BCUT2D eigenvalue weighted by atomic mass is 10.0. The van der Waals surface area contributed by atoms with Crippen molar-refractivity contribution in [2.45, 2.75) is 50.4 Å². The molecule has 1 amide bonds. The number of anilines is 1. The minimum Gasteiger partial charge on any atom is -0.300 e. The van der Waals surface area contributed by atoms with Gasteiger partial charge in [-0.3, -0.25) is 10.1 Å². The standard InChI is InChI=1S/C17H21N7OS2/c1-5-14-19-20-16(27-14)18-15(25)11(4)26-17-21-22-23-24(17)13-8-6-12(7-9-13)10(2)3/h6-11H,5H2,1-4H3,(H,18,20,25)/t11-/m0/s1. The van der Waals surface area contributed by atoms with Crippen LogP contribution < -0.4 is 5.32 Å². The lowest BCUT2D eigenvalue weighted by molar-refractivity contribution is -0.115. The fourth-order valence-corrected chi connectivity index (χ4v) is 3.77. The van der Waals surface area contributed by atoms with Crippen LogP contribution in [-0.4, -0.2) is 41.6 Å². The molecule has 2 aromatic heterocycles. The van der Waals surface area contributed by atoms with Crippen LogP contribution in [0.15, 0.2) is 29.4 Å². The van der Waals surface area contributed by atoms with E-state index < -0.39 is 5.25 Å². The summed E-state index contributed by atoms with van der Waals surface area (Å²) in [5.41, 5.74) is 2.11. The van der Waals surface area contributed by atoms with Gasteiger partial charge in [-0.15, -0.1) is 15.3 Å². The highest BCUT2D eigenvalue weighted by molar-refractivity contribution is 8.00. The van der Waals surface area contributed by atoms with E-state index in [0.717, 1.165) is 17.1 Å². The molecule has 0 aliphatic heterocycles. The maximum Gasteiger partial charge on any atom is 0.239 e. The number of carbonyl (C=O) groups excluding carboxylic acids is 1. The Morgan fingerprint density at radius 1 is 1.19 bits per heavy atom. The van der Waals surface area contributed by atoms with E-state index in [2.05, 4.69) is 57.0 Å². The molecule has 2 heterocycles. The summed E-state index contributed by atoms with van der Waals surface area (Å²) >= 11 is 2.67. The molecule has 0 aliphatic carbocycles. The van der Waals surface area contributed by atoms with Gasteiger partial charge >= 0.3 is 0 Å². The van der Waals surface area contributed by atoms with Crippen molar-refractivity contribution in [1.29, 1.82) is 0 Å². The van der Waals surface area contributed by atoms with Crippen LogP contribution in [0, 0.1) is 0 Å². The third-order valence-corrected chi connectivity index (χ3v) is 5.91. The number of aromatic nitrogens is 6. The zero-order chi connectivity index (χ0) is 19.4. The molecule has 0 fully saturated rings. The van der Waals surface area contributed by atoms with Crippen molar-refractivity contribution in [2.24, 2.45) is 0 Å². The number of rotatable bonds is 7. The van der Waals surface area contributed by atoms with E-state index in [1.54, 1.807) is 4.68 Å². The maximum absolute atomic E-state index is 12.4. The summed E-state index contributed by atoms with van der Waals surface area (Å²) < 4.78 is 1.64. The number of tetrazole rings is 1. The number of hydrogen-bond donors (Lipinski definition) is 1. The fourth-order valence-electron chi connectivity index (χ4n) is 2.28. The highest BCUT2D eigenvalue weighted by atomic mass is 32.2. The summed E-state index contributed by atoms with van der Waals surface area (Å²) in [5, 5.41) is 24.2. The Labute approximate surface area is 165 Å². The van der Waals surface area contributed by atoms with E-state index in [1.807, 2.05) is 26.0 Å². The zero-order valence-corrected chi connectivity index (χ0v) is 17.2. The van der Waals surface area contributed by atoms with Crippen LogP contribution in [0.5, 0.6) is 0 Å². The Morgan fingerprint density at radius 3 is 2.56 bits per heavy atom. The Kier molecular flexibility index (Phi) is 6.17. The van der Waals surface area contributed by atoms with Crippen LogP contribution in [0.3, 0.4) is 0 Å². The summed E-state index contributed by atoms with van der Waals surface area (Å²) in [7, 11) is 0. The normalized spacial score (nSPS) is 12.3. The third-order valence-electron chi connectivity index (χ3n) is 3.90. The topological polar surface area (TPSA) is 98.5 Å². The molecule has 0 radical (unpaired) electrons. The van der Waals surface area contributed by atoms with Gasteiger partial charge in [0.15, 0.2) is 0 Å². The van der Waals surface area contributed by atoms with E-state index in [1.165, 1.54) is 28.7 Å². The van der Waals surface area contributed by atoms with Gasteiger partial charge in [0.05, 0.1) is 10.9 Å². The third kappa shape index (κ3) is 4.69. The summed E-state index contributed by atoms with van der Waals surface area (Å²) in [4.78, 5) is 12.4. The van der Waals surface area contributed by atoms with Crippen LogP contribution in [0.4, 0.5) is 5.13 Å². The van der Waals surface area contributed by atoms with Gasteiger partial charge < -0.3 is 0 Å². The van der Waals surface area contributed by atoms with E-state index in [9.17, 15) is 4.79 Å². The SMILES string of the molecule is CCc1nnc(NC(=O)[C@H](C)Sc2nnnn2-c2ccc(C(C)C)cc2)s1. The number of thioether (sulfide) groups is 1. The first kappa shape index (κ1) is 19.4. The number of amides is 1. The minimum absolute atomic E-state index is 0.163. The highest BCUT2D eigenvalue weighted by Gasteiger charge is 2.20. The highest BCUT2D eigenvalue weighted by Crippen LogP contribution is 2.25. The fraction of sp³-hybridized carbons (Fsp3) is 0.412. The molecule has 0 bridgehead atoms. The van der Waals surface area contributed by atoms with E-state index in [0.29, 0.717) is 16.2 Å². The van der Waals surface area contributed by atoms with Crippen LogP contribution in [0.1, 0.15) is 44.2 Å². The largest absolute Gasteiger partial charge is 0.300 e. The van der Waals surface area contributed by atoms with Crippen molar-refractivity contribution in [2.75, 3.05) is 5.32 Å². The molecule has 8 nitrogen and oxygen atoms in total. The molecule has 3 rings (SSSR count). The van der Waals surface area contributed by atoms with Crippen molar-refractivity contribution < 1.29 is 4.79 Å². The number of benzene rings is 1. The van der Waals surface area contributed by atoms with Gasteiger partial charge in [-0.05, 0) is 47.4 Å². The molecule has 0 unspecified atom stereocenters. The average molecular weight is 404 g/mol. The molecule has 3 aromatic rings. The molecule has 10 heteroatoms. The smallest absolute Gasteiger partial charge is 0.239 e. The molecule has 27 heavy (non-hydrogen) atoms. The van der Waals surface area contributed by atoms with Crippen molar-refractivity contribution in [3.05, 3.63) is 34.8 Å². The molecule has 0 spiro atoms. The zero-order valence-electron chi connectivity index (χ0n) is 15.6. The number of nitrogens with one attached hydrogen (secondary N) is 1. The van der Waals surface area contributed by atoms with Crippen molar-refractivity contribution >= 4 is 34.1 Å². The lowest BCUT2D eigenvalue weighted by Crippen LogP contribution is -2.22. The first-order valence-corrected chi connectivity index (χ1v) is 10.4. The Balaban J connectivity index is 1.68. The van der Waals surface area contributed by atoms with E-state index in [4.69, 9.17) is 0 Å². The first-order chi connectivity index (χ1) is 13.0. The average Bonchev–Trinajstić information content (AvgIpc) is 3.31. The van der Waals surface area contributed by atoms with Gasteiger partial charge in [0.2, 0.25) is 16.2 Å². The second-order valence-electron chi connectivity index (χ2n) is 6.22. The van der Waals surface area contributed by atoms with Gasteiger partial charge in [0.1, 0.15) is 5.01 Å². The molecule has 0 saturated carbocycles. The van der Waals surface area contributed by atoms with Crippen LogP contribution in [-0.2, 0) is 11.2 Å². The van der Waals surface area contributed by atoms with Crippen molar-refractivity contribution in [3.8, 4) is 5.69 Å². The quantitative estimate of drug-likeness (QED) is 0.604. The van der Waals surface area contributed by atoms with Gasteiger partial charge in [-0.2, -0.15) is 4.68 Å². The molecule has 0 aliphatic rings. The number of nitrogens with zero attached hydrogens (tertiary/aromatic N) is 6. The molecular weight excluding hydrogens is 382 g/mol. The van der Waals surface area contributed by atoms with Crippen LogP contribution in [0.25, 0.3) is 5.69 Å². The molecule has 0 saturated heterocycles. The summed E-state index contributed by atoms with van der Waals surface area (Å²) in [6, 6.07) is 8.09. The van der Waals surface area contributed by atoms with Crippen molar-refractivity contribution in [3.63, 3.8) is 0 Å². The molecular formula is C17H21N7OS2. The monoisotopic (exact) mass is 403 g/mol. The predicted molar refractivity (Wildman–Crippen MR) is 106 cm³/mol. The lowest BCUT2D eigenvalue weighted by Gasteiger charge is -2.11. The summed E-state index contributed by atoms with van der Waals surface area (Å²) in [6.45, 7) is 8.10. The second-order valence-corrected chi connectivity index (χ2v) is 8.59. The number of aryl methyl sites for hydroxylation is 1. The molecule has 142 valence electrons. The predicted octanol–water partition coefficient (Wildman–Crippen LogP) is 3.32. The second kappa shape index (κ2) is 8.57. The Hall–Kier alpha value is -2.33. The number of carbonyl (C=O) groups is 1. The maximum atomic E-state index is 12.4. The van der Waals surface area contributed by atoms with Gasteiger partial charge in [-0.25, -0.2) is 0 Å². The minimum atomic E-state index is -0.390. The number of hydrogen-bond acceptors (Lipinski definition) is 8. The van der Waals surface area contributed by atoms with E-state index in [-0.39, 0.29) is 5.91 Å². The summed E-state index contributed by atoms with van der Waals surface area (Å²) in [5.74, 6) is 0.294. The van der Waals surface area contributed by atoms with Gasteiger partial charge in [-0.1, -0.05) is 56.0 Å². The molecule has 1 aromatic carbocycles. The van der Waals surface area contributed by atoms with Gasteiger partial charge in [0, 0.05) is 0 Å². The van der Waals surface area contributed by atoms with Crippen LogP contribution >= 0.6 is 23.1 Å². The first-order valence-electron chi connectivity index (χ1n) is 8.66. The van der Waals surface area contributed by atoms with Crippen molar-refractivity contribution in [1.82, 2.24) is 30.4 Å². The van der Waals surface area contributed by atoms with Gasteiger partial charge in [0.25, 0.3) is 0 Å². The van der Waals surface area contributed by atoms with Crippen LogP contribution in [0.2, 0.25) is 0 Å². The molecule has 1 N–H and O–H groups in total. The van der Waals surface area contributed by atoms with E-state index >= 15 is 0 Å². The molecule has 1 atom stereocenters.